The minimum absolute atomic E-state index is 2.02. The molecule has 104 valence electrons. The lowest BCUT2D eigenvalue weighted by atomic mass is 11.5. The van der Waals surface area contributed by atoms with Crippen molar-refractivity contribution in [3.05, 3.63) is 0 Å². The summed E-state index contributed by atoms with van der Waals surface area (Å²) >= 11 is -6.07. The van der Waals surface area contributed by atoms with Crippen LogP contribution in [0, 0.1) is 0 Å². The Balaban J connectivity index is 4.95. The van der Waals surface area contributed by atoms with Gasteiger partial charge in [-0.3, -0.25) is 0 Å². The Morgan fingerprint density at radius 1 is 0.412 bits per heavy atom. The van der Waals surface area contributed by atoms with Gasteiger partial charge in [0.2, 0.25) is 0 Å². The second-order valence-electron chi connectivity index (χ2n) is 2.12. The van der Waals surface area contributed by atoms with E-state index in [9.17, 15) is 43.9 Å². The molecule has 0 aromatic carbocycles. The quantitative estimate of drug-likeness (QED) is 0.506. The monoisotopic (exact) mass is 334 g/mol. The SMILES string of the molecule is FC(F)(F)SC(F)(SC(F)(F)F)SC(F)(F)F. The zero-order valence-electron chi connectivity index (χ0n) is 7.00. The van der Waals surface area contributed by atoms with Crippen LogP contribution in [0.25, 0.3) is 0 Å². The van der Waals surface area contributed by atoms with Gasteiger partial charge in [0.05, 0.1) is 0 Å². The van der Waals surface area contributed by atoms with Crippen LogP contribution in [0.3, 0.4) is 0 Å². The first kappa shape index (κ1) is 17.4. The molecule has 0 bridgehead atoms. The molecule has 0 saturated heterocycles. The first-order valence-corrected chi connectivity index (χ1v) is 5.56. The van der Waals surface area contributed by atoms with Crippen molar-refractivity contribution >= 4 is 35.3 Å². The summed E-state index contributed by atoms with van der Waals surface area (Å²) in [4.78, 5) is 0. The molecule has 0 fully saturated rings. The van der Waals surface area contributed by atoms with Gasteiger partial charge in [-0.1, -0.05) is 0 Å². The lowest BCUT2D eigenvalue weighted by Crippen LogP contribution is -2.24. The number of alkyl halides is 10. The summed E-state index contributed by atoms with van der Waals surface area (Å²) < 4.78 is 113. The average molecular weight is 334 g/mol. The summed E-state index contributed by atoms with van der Waals surface area (Å²) in [5.74, 6) is 0. The zero-order valence-corrected chi connectivity index (χ0v) is 9.45. The third kappa shape index (κ3) is 10.00. The molecule has 0 atom stereocenters. The molecule has 0 N–H and O–H groups in total. The molecule has 0 spiro atoms. The Kier molecular flexibility index (Phi) is 5.26. The van der Waals surface area contributed by atoms with Crippen molar-refractivity contribution in [2.45, 2.75) is 20.2 Å². The van der Waals surface area contributed by atoms with Crippen LogP contribution in [0.15, 0.2) is 0 Å². The van der Waals surface area contributed by atoms with Gasteiger partial charge in [-0.25, -0.2) is 4.39 Å². The fourth-order valence-electron chi connectivity index (χ4n) is 0.477. The van der Waals surface area contributed by atoms with E-state index in [0.717, 1.165) is 0 Å². The molecule has 0 aliphatic rings. The summed E-state index contributed by atoms with van der Waals surface area (Å²) in [6.45, 7) is 0. The topological polar surface area (TPSA) is 0 Å². The Morgan fingerprint density at radius 2 is 0.588 bits per heavy atom. The molecule has 0 nitrogen and oxygen atoms in total. The van der Waals surface area contributed by atoms with Crippen molar-refractivity contribution in [1.29, 1.82) is 0 Å². The van der Waals surface area contributed by atoms with Crippen LogP contribution in [0.2, 0.25) is 0 Å². The summed E-state index contributed by atoms with van der Waals surface area (Å²) in [6, 6.07) is 0. The van der Waals surface area contributed by atoms with Crippen LogP contribution < -0.4 is 0 Å². The molecule has 0 aliphatic carbocycles. The standard InChI is InChI=1S/C4F10S3/c5-1(6,7)15-4(14,16-2(8,9)10)17-3(11,12)13. The van der Waals surface area contributed by atoms with Gasteiger partial charge in [0.1, 0.15) is 0 Å². The third-order valence-corrected chi connectivity index (χ3v) is 3.64. The summed E-state index contributed by atoms with van der Waals surface area (Å²) in [7, 11) is 0. The van der Waals surface area contributed by atoms with Crippen LogP contribution in [-0.4, -0.2) is 20.2 Å². The maximum Gasteiger partial charge on any atom is 0.446 e. The van der Waals surface area contributed by atoms with E-state index in [1.807, 2.05) is 0 Å². The molecule has 13 heteroatoms. The number of hydrogen-bond donors (Lipinski definition) is 0. The third-order valence-electron chi connectivity index (χ3n) is 0.713. The van der Waals surface area contributed by atoms with E-state index < -0.39 is 55.5 Å². The van der Waals surface area contributed by atoms with Gasteiger partial charge < -0.3 is 0 Å². The van der Waals surface area contributed by atoms with Crippen LogP contribution >= 0.6 is 35.3 Å². The second kappa shape index (κ2) is 5.15. The molecule has 0 aromatic rings. The van der Waals surface area contributed by atoms with Crippen LogP contribution in [0.4, 0.5) is 43.9 Å². The molecule has 0 heterocycles. The van der Waals surface area contributed by atoms with Crippen LogP contribution in [-0.2, 0) is 0 Å². The molecule has 0 aliphatic heterocycles. The van der Waals surface area contributed by atoms with Gasteiger partial charge in [0, 0.05) is 35.3 Å². The van der Waals surface area contributed by atoms with Gasteiger partial charge in [-0.05, 0) is 0 Å². The van der Waals surface area contributed by atoms with E-state index in [2.05, 4.69) is 0 Å². The normalized spacial score (nSPS) is 15.2. The van der Waals surface area contributed by atoms with Crippen molar-refractivity contribution in [1.82, 2.24) is 0 Å². The zero-order chi connectivity index (χ0) is 14.1. The van der Waals surface area contributed by atoms with Gasteiger partial charge in [0.15, 0.2) is 0 Å². The van der Waals surface area contributed by atoms with Gasteiger partial charge in [-0.2, -0.15) is 39.5 Å². The largest absolute Gasteiger partial charge is 0.446 e. The van der Waals surface area contributed by atoms with Crippen molar-refractivity contribution in [2.75, 3.05) is 0 Å². The fraction of sp³-hybridized carbons (Fsp3) is 1.00. The molecule has 0 amide bonds. The van der Waals surface area contributed by atoms with Crippen LogP contribution in [0.1, 0.15) is 0 Å². The first-order chi connectivity index (χ1) is 7.12. The highest BCUT2D eigenvalue weighted by Gasteiger charge is 2.57. The summed E-state index contributed by atoms with van der Waals surface area (Å²) in [5, 5.41) is 0. The molecule has 17 heavy (non-hydrogen) atoms. The highest BCUT2D eigenvalue weighted by atomic mass is 32.3. The highest BCUT2D eigenvalue weighted by molar-refractivity contribution is 8.34. The summed E-state index contributed by atoms with van der Waals surface area (Å²) in [6.07, 6.45) is 0. The lowest BCUT2D eigenvalue weighted by molar-refractivity contribution is -0.0388. The van der Waals surface area contributed by atoms with Gasteiger partial charge >= 0.3 is 16.5 Å². The van der Waals surface area contributed by atoms with Crippen molar-refractivity contribution in [3.8, 4) is 0 Å². The number of thioether (sulfide) groups is 3. The number of hydrogen-bond acceptors (Lipinski definition) is 3. The van der Waals surface area contributed by atoms with E-state index in [1.165, 1.54) is 0 Å². The van der Waals surface area contributed by atoms with E-state index in [1.54, 1.807) is 0 Å². The van der Waals surface area contributed by atoms with E-state index >= 15 is 0 Å². The lowest BCUT2D eigenvalue weighted by Gasteiger charge is -2.25. The molecular formula is C4F10S3. The Bertz CT molecular complexity index is 209. The van der Waals surface area contributed by atoms with E-state index in [4.69, 9.17) is 0 Å². The number of halogens is 10. The number of rotatable bonds is 3. The van der Waals surface area contributed by atoms with Gasteiger partial charge in [0.25, 0.3) is 3.66 Å². The minimum Gasteiger partial charge on any atom is -0.206 e. The van der Waals surface area contributed by atoms with Crippen molar-refractivity contribution in [3.63, 3.8) is 0 Å². The average Bonchev–Trinajstić information content (AvgIpc) is 1.65. The second-order valence-corrected chi connectivity index (χ2v) is 6.59. The molecular weight excluding hydrogens is 334 g/mol. The van der Waals surface area contributed by atoms with Crippen molar-refractivity contribution in [2.24, 2.45) is 0 Å². The predicted octanol–water partition coefficient (Wildman–Crippen LogP) is 5.33. The maximum atomic E-state index is 13.0. The molecule has 0 rings (SSSR count). The smallest absolute Gasteiger partial charge is 0.206 e. The molecule has 0 aromatic heterocycles. The fourth-order valence-corrected chi connectivity index (χ4v) is 3.51. The predicted molar refractivity (Wildman–Crippen MR) is 44.8 cm³/mol. The Labute approximate surface area is 99.9 Å². The highest BCUT2D eigenvalue weighted by Crippen LogP contribution is 2.62. The maximum absolute atomic E-state index is 13.0. The van der Waals surface area contributed by atoms with E-state index in [0.29, 0.717) is 0 Å². The minimum atomic E-state index is -5.58. The van der Waals surface area contributed by atoms with Crippen LogP contribution in [0.5, 0.6) is 0 Å². The first-order valence-electron chi connectivity index (χ1n) is 3.11. The van der Waals surface area contributed by atoms with Crippen molar-refractivity contribution < 1.29 is 43.9 Å². The summed E-state index contributed by atoms with van der Waals surface area (Å²) in [5.41, 5.74) is -16.7. The van der Waals surface area contributed by atoms with E-state index in [-0.39, 0.29) is 0 Å². The molecule has 0 radical (unpaired) electrons. The Hall–Kier alpha value is 0.350. The molecule has 0 saturated carbocycles. The Morgan fingerprint density at radius 3 is 0.706 bits per heavy atom. The van der Waals surface area contributed by atoms with Gasteiger partial charge in [-0.15, -0.1) is 0 Å². The molecule has 0 unspecified atom stereocenters.